The molecule has 106 valence electrons. The van der Waals surface area contributed by atoms with E-state index in [0.717, 1.165) is 12.0 Å². The largest absolute Gasteiger partial charge is 0.481 e. The van der Waals surface area contributed by atoms with E-state index in [-0.39, 0.29) is 12.5 Å². The number of benzene rings is 1. The van der Waals surface area contributed by atoms with Crippen LogP contribution in [-0.4, -0.2) is 17.6 Å². The summed E-state index contributed by atoms with van der Waals surface area (Å²) in [5, 5.41) is 10.3. The second kappa shape index (κ2) is 7.73. The maximum absolute atomic E-state index is 11.0. The van der Waals surface area contributed by atoms with E-state index < -0.39 is 11.9 Å². The third-order valence-electron chi connectivity index (χ3n) is 3.38. The lowest BCUT2D eigenvalue weighted by Crippen LogP contribution is -2.26. The number of nitrogens with two attached hydrogens (primary N) is 1. The second-order valence-electron chi connectivity index (χ2n) is 4.69. The number of carbonyl (C=O) groups is 1. The predicted molar refractivity (Wildman–Crippen MR) is 78.7 cm³/mol. The van der Waals surface area contributed by atoms with Crippen LogP contribution in [0.1, 0.15) is 25.3 Å². The molecular formula is C14H19Cl2NO2. The SMILES string of the molecule is CCC(Cc1c(Cl)cccc1Cl)CC(CN)C(=O)O. The van der Waals surface area contributed by atoms with Gasteiger partial charge in [-0.05, 0) is 36.5 Å². The van der Waals surface area contributed by atoms with Crippen molar-refractivity contribution in [2.45, 2.75) is 26.2 Å². The van der Waals surface area contributed by atoms with E-state index in [4.69, 9.17) is 34.0 Å². The number of halogens is 2. The van der Waals surface area contributed by atoms with Gasteiger partial charge in [0.1, 0.15) is 0 Å². The Morgan fingerprint density at radius 3 is 2.37 bits per heavy atom. The van der Waals surface area contributed by atoms with Gasteiger partial charge < -0.3 is 10.8 Å². The molecule has 0 saturated heterocycles. The highest BCUT2D eigenvalue weighted by atomic mass is 35.5. The molecule has 0 aliphatic heterocycles. The van der Waals surface area contributed by atoms with Gasteiger partial charge in [-0.15, -0.1) is 0 Å². The molecule has 0 aliphatic rings. The van der Waals surface area contributed by atoms with Crippen LogP contribution in [0, 0.1) is 11.8 Å². The van der Waals surface area contributed by atoms with Crippen LogP contribution in [0.25, 0.3) is 0 Å². The topological polar surface area (TPSA) is 63.3 Å². The van der Waals surface area contributed by atoms with Crippen molar-refractivity contribution in [2.75, 3.05) is 6.54 Å². The first-order valence-corrected chi connectivity index (χ1v) is 7.10. The minimum Gasteiger partial charge on any atom is -0.481 e. The fourth-order valence-corrected chi connectivity index (χ4v) is 2.66. The molecule has 2 unspecified atom stereocenters. The summed E-state index contributed by atoms with van der Waals surface area (Å²) in [6, 6.07) is 5.40. The molecule has 0 spiro atoms. The lowest BCUT2D eigenvalue weighted by Gasteiger charge is -2.20. The highest BCUT2D eigenvalue weighted by Crippen LogP contribution is 2.30. The Kier molecular flexibility index (Phi) is 6.63. The second-order valence-corrected chi connectivity index (χ2v) is 5.50. The van der Waals surface area contributed by atoms with E-state index in [1.807, 2.05) is 6.92 Å². The molecule has 1 aromatic rings. The Hall–Kier alpha value is -0.770. The van der Waals surface area contributed by atoms with Gasteiger partial charge >= 0.3 is 5.97 Å². The summed E-state index contributed by atoms with van der Waals surface area (Å²) in [4.78, 5) is 11.0. The van der Waals surface area contributed by atoms with Gasteiger partial charge in [-0.25, -0.2) is 0 Å². The highest BCUT2D eigenvalue weighted by Gasteiger charge is 2.21. The van der Waals surface area contributed by atoms with Crippen LogP contribution in [0.2, 0.25) is 10.0 Å². The normalized spacial score (nSPS) is 14.1. The molecule has 3 nitrogen and oxygen atoms in total. The van der Waals surface area contributed by atoms with Gasteiger partial charge in [-0.1, -0.05) is 42.6 Å². The number of hydrogen-bond acceptors (Lipinski definition) is 2. The van der Waals surface area contributed by atoms with Crippen LogP contribution < -0.4 is 5.73 Å². The van der Waals surface area contributed by atoms with Crippen molar-refractivity contribution in [1.29, 1.82) is 0 Å². The van der Waals surface area contributed by atoms with Crippen molar-refractivity contribution in [3.8, 4) is 0 Å². The quantitative estimate of drug-likeness (QED) is 0.809. The molecule has 5 heteroatoms. The monoisotopic (exact) mass is 303 g/mol. The van der Waals surface area contributed by atoms with Gasteiger partial charge in [0, 0.05) is 16.6 Å². The van der Waals surface area contributed by atoms with Gasteiger partial charge in [-0.2, -0.15) is 0 Å². The molecule has 19 heavy (non-hydrogen) atoms. The number of hydrogen-bond donors (Lipinski definition) is 2. The van der Waals surface area contributed by atoms with Crippen LogP contribution in [0.4, 0.5) is 0 Å². The lowest BCUT2D eigenvalue weighted by molar-refractivity contribution is -0.142. The summed E-state index contributed by atoms with van der Waals surface area (Å²) in [6.07, 6.45) is 2.09. The maximum Gasteiger partial charge on any atom is 0.307 e. The minimum absolute atomic E-state index is 0.155. The van der Waals surface area contributed by atoms with Crippen LogP contribution in [0.3, 0.4) is 0 Å². The summed E-state index contributed by atoms with van der Waals surface area (Å²) in [5.41, 5.74) is 6.38. The smallest absolute Gasteiger partial charge is 0.307 e. The Morgan fingerprint density at radius 2 is 1.95 bits per heavy atom. The van der Waals surface area contributed by atoms with Crippen molar-refractivity contribution in [3.05, 3.63) is 33.8 Å². The van der Waals surface area contributed by atoms with Gasteiger partial charge in [0.05, 0.1) is 5.92 Å². The third-order valence-corrected chi connectivity index (χ3v) is 4.09. The number of rotatable bonds is 7. The Balaban J connectivity index is 2.79. The fraction of sp³-hybridized carbons (Fsp3) is 0.500. The molecule has 0 fully saturated rings. The summed E-state index contributed by atoms with van der Waals surface area (Å²) in [5.74, 6) is -1.14. The van der Waals surface area contributed by atoms with Gasteiger partial charge in [0.15, 0.2) is 0 Å². The Bertz CT molecular complexity index is 417. The Labute approximate surface area is 123 Å². The first-order chi connectivity index (χ1) is 8.99. The summed E-state index contributed by atoms with van der Waals surface area (Å²) in [6.45, 7) is 2.19. The standard InChI is InChI=1S/C14H19Cl2NO2/c1-2-9(6-10(8-17)14(18)19)7-11-12(15)4-3-5-13(11)16/h3-5,9-10H,2,6-8,17H2,1H3,(H,18,19). The zero-order chi connectivity index (χ0) is 14.4. The minimum atomic E-state index is -0.841. The summed E-state index contributed by atoms with van der Waals surface area (Å²) >= 11 is 12.3. The molecule has 0 aliphatic carbocycles. The zero-order valence-electron chi connectivity index (χ0n) is 10.9. The van der Waals surface area contributed by atoms with Crippen molar-refractivity contribution in [3.63, 3.8) is 0 Å². The van der Waals surface area contributed by atoms with Gasteiger partial charge in [-0.3, -0.25) is 4.79 Å². The van der Waals surface area contributed by atoms with E-state index >= 15 is 0 Å². The highest BCUT2D eigenvalue weighted by molar-refractivity contribution is 6.35. The van der Waals surface area contributed by atoms with E-state index in [1.54, 1.807) is 18.2 Å². The predicted octanol–water partition coefficient (Wildman–Crippen LogP) is 3.61. The van der Waals surface area contributed by atoms with Crippen LogP contribution in [0.15, 0.2) is 18.2 Å². The molecule has 0 saturated carbocycles. The van der Waals surface area contributed by atoms with Crippen molar-refractivity contribution in [2.24, 2.45) is 17.6 Å². The van der Waals surface area contributed by atoms with Crippen LogP contribution in [-0.2, 0) is 11.2 Å². The Morgan fingerprint density at radius 1 is 1.37 bits per heavy atom. The molecule has 3 N–H and O–H groups in total. The molecule has 2 atom stereocenters. The van der Waals surface area contributed by atoms with Crippen LogP contribution in [0.5, 0.6) is 0 Å². The van der Waals surface area contributed by atoms with Gasteiger partial charge in [0.25, 0.3) is 0 Å². The summed E-state index contributed by atoms with van der Waals surface area (Å²) < 4.78 is 0. The average molecular weight is 304 g/mol. The molecule has 1 aromatic carbocycles. The lowest BCUT2D eigenvalue weighted by atomic mass is 9.87. The molecule has 0 aromatic heterocycles. The van der Waals surface area contributed by atoms with Crippen LogP contribution >= 0.6 is 23.2 Å². The van der Waals surface area contributed by atoms with Crippen molar-refractivity contribution < 1.29 is 9.90 Å². The molecule has 0 heterocycles. The van der Waals surface area contributed by atoms with E-state index in [2.05, 4.69) is 0 Å². The van der Waals surface area contributed by atoms with E-state index in [0.29, 0.717) is 22.9 Å². The van der Waals surface area contributed by atoms with Crippen molar-refractivity contribution in [1.82, 2.24) is 0 Å². The molecule has 1 rings (SSSR count). The zero-order valence-corrected chi connectivity index (χ0v) is 12.4. The number of aliphatic carboxylic acids is 1. The maximum atomic E-state index is 11.0. The number of carboxylic acid groups (broad SMARTS) is 1. The number of carboxylic acids is 1. The molecule has 0 bridgehead atoms. The average Bonchev–Trinajstić information content (AvgIpc) is 2.37. The van der Waals surface area contributed by atoms with E-state index in [9.17, 15) is 4.79 Å². The van der Waals surface area contributed by atoms with Crippen molar-refractivity contribution >= 4 is 29.2 Å². The summed E-state index contributed by atoms with van der Waals surface area (Å²) in [7, 11) is 0. The third kappa shape index (κ3) is 4.68. The van der Waals surface area contributed by atoms with E-state index in [1.165, 1.54) is 0 Å². The first-order valence-electron chi connectivity index (χ1n) is 6.35. The molecule has 0 amide bonds. The molecular weight excluding hydrogens is 285 g/mol. The molecule has 0 radical (unpaired) electrons. The van der Waals surface area contributed by atoms with Gasteiger partial charge in [0.2, 0.25) is 0 Å². The first kappa shape index (κ1) is 16.3. The fourth-order valence-electron chi connectivity index (χ4n) is 2.11.